The van der Waals surface area contributed by atoms with Crippen molar-refractivity contribution in [1.29, 1.82) is 0 Å². The largest absolute Gasteiger partial charge is 0.341 e. The van der Waals surface area contributed by atoms with E-state index in [-0.39, 0.29) is 5.91 Å². The van der Waals surface area contributed by atoms with Gasteiger partial charge in [-0.15, -0.1) is 0 Å². The molecule has 1 heterocycles. The average Bonchev–Trinajstić information content (AvgIpc) is 3.14. The van der Waals surface area contributed by atoms with Gasteiger partial charge in [-0.1, -0.05) is 42.5 Å². The first kappa shape index (κ1) is 18.9. The molecule has 5 heteroatoms. The minimum Gasteiger partial charge on any atom is -0.341 e. The lowest BCUT2D eigenvalue weighted by Gasteiger charge is -2.19. The van der Waals surface area contributed by atoms with Crippen LogP contribution in [0.3, 0.4) is 0 Å². The van der Waals surface area contributed by atoms with Crippen LogP contribution in [0.1, 0.15) is 21.5 Å². The predicted molar refractivity (Wildman–Crippen MR) is 108 cm³/mol. The van der Waals surface area contributed by atoms with Crippen molar-refractivity contribution >= 4 is 5.91 Å². The number of aromatic nitrogens is 2. The van der Waals surface area contributed by atoms with Crippen molar-refractivity contribution in [2.24, 2.45) is 0 Å². The van der Waals surface area contributed by atoms with Crippen LogP contribution < -0.4 is 0 Å². The van der Waals surface area contributed by atoms with E-state index in [0.717, 1.165) is 24.2 Å². The molecule has 1 aromatic heterocycles. The molecule has 0 aliphatic carbocycles. The summed E-state index contributed by atoms with van der Waals surface area (Å²) in [5, 5.41) is 4.45. The van der Waals surface area contributed by atoms with Crippen LogP contribution in [-0.4, -0.2) is 53.2 Å². The third kappa shape index (κ3) is 4.83. The van der Waals surface area contributed by atoms with Crippen LogP contribution in [0.15, 0.2) is 67.0 Å². The van der Waals surface area contributed by atoms with Gasteiger partial charge >= 0.3 is 0 Å². The lowest BCUT2D eigenvalue weighted by atomic mass is 10.1. The third-order valence-electron chi connectivity index (χ3n) is 4.44. The summed E-state index contributed by atoms with van der Waals surface area (Å²) >= 11 is 0. The van der Waals surface area contributed by atoms with Crippen LogP contribution >= 0.6 is 0 Å². The van der Waals surface area contributed by atoms with E-state index in [1.165, 1.54) is 5.56 Å². The monoisotopic (exact) mass is 362 g/mol. The maximum Gasteiger partial charge on any atom is 0.255 e. The maximum absolute atomic E-state index is 13.0. The lowest BCUT2D eigenvalue weighted by Crippen LogP contribution is -2.29. The third-order valence-corrected chi connectivity index (χ3v) is 4.44. The minimum absolute atomic E-state index is 0.00573. The van der Waals surface area contributed by atoms with Gasteiger partial charge in [0.05, 0.1) is 17.4 Å². The van der Waals surface area contributed by atoms with E-state index in [0.29, 0.717) is 12.1 Å². The molecular formula is C22H26N4O. The van der Waals surface area contributed by atoms with Gasteiger partial charge in [0.2, 0.25) is 0 Å². The van der Waals surface area contributed by atoms with E-state index >= 15 is 0 Å². The van der Waals surface area contributed by atoms with Gasteiger partial charge in [-0.3, -0.25) is 4.79 Å². The number of hydrogen-bond acceptors (Lipinski definition) is 3. The molecule has 0 aliphatic heterocycles. The van der Waals surface area contributed by atoms with Crippen molar-refractivity contribution in [3.05, 3.63) is 83.7 Å². The Morgan fingerprint density at radius 3 is 2.41 bits per heavy atom. The van der Waals surface area contributed by atoms with Crippen LogP contribution in [-0.2, 0) is 13.0 Å². The van der Waals surface area contributed by atoms with E-state index in [9.17, 15) is 4.79 Å². The molecule has 3 rings (SSSR count). The molecule has 140 valence electrons. The summed E-state index contributed by atoms with van der Waals surface area (Å²) in [7, 11) is 5.90. The van der Waals surface area contributed by atoms with Gasteiger partial charge in [-0.2, -0.15) is 5.10 Å². The number of hydrogen-bond donors (Lipinski definition) is 0. The number of rotatable bonds is 7. The minimum atomic E-state index is 0.00573. The first-order chi connectivity index (χ1) is 13.0. The molecule has 0 bridgehead atoms. The SMILES string of the molecule is CN(C)Cc1cnn(-c2ccccc2C(=O)N(C)CCc2ccccc2)c1. The van der Waals surface area contributed by atoms with Crippen molar-refractivity contribution in [2.45, 2.75) is 13.0 Å². The summed E-state index contributed by atoms with van der Waals surface area (Å²) in [6.07, 6.45) is 4.66. The molecule has 3 aromatic rings. The van der Waals surface area contributed by atoms with Crippen molar-refractivity contribution in [3.8, 4) is 5.69 Å². The molecule has 0 N–H and O–H groups in total. The summed E-state index contributed by atoms with van der Waals surface area (Å²) in [6, 6.07) is 17.9. The molecule has 0 fully saturated rings. The quantitative estimate of drug-likeness (QED) is 0.648. The molecule has 1 amide bonds. The zero-order valence-electron chi connectivity index (χ0n) is 16.2. The van der Waals surface area contributed by atoms with E-state index in [4.69, 9.17) is 0 Å². The Kier molecular flexibility index (Phi) is 6.04. The second kappa shape index (κ2) is 8.64. The molecule has 5 nitrogen and oxygen atoms in total. The lowest BCUT2D eigenvalue weighted by molar-refractivity contribution is 0.0796. The number of benzene rings is 2. The van der Waals surface area contributed by atoms with Gasteiger partial charge in [-0.25, -0.2) is 4.68 Å². The molecule has 2 aromatic carbocycles. The Balaban J connectivity index is 1.76. The van der Waals surface area contributed by atoms with Crippen molar-refractivity contribution in [2.75, 3.05) is 27.7 Å². The molecule has 0 aliphatic rings. The van der Waals surface area contributed by atoms with Gasteiger partial charge in [0, 0.05) is 31.9 Å². The zero-order chi connectivity index (χ0) is 19.2. The molecule has 0 spiro atoms. The van der Waals surface area contributed by atoms with Crippen LogP contribution in [0.25, 0.3) is 5.69 Å². The number of carbonyl (C=O) groups is 1. The van der Waals surface area contributed by atoms with Crippen molar-refractivity contribution in [1.82, 2.24) is 19.6 Å². The molecule has 0 saturated carbocycles. The fraction of sp³-hybridized carbons (Fsp3) is 0.273. The summed E-state index contributed by atoms with van der Waals surface area (Å²) in [6.45, 7) is 1.48. The van der Waals surface area contributed by atoms with Gasteiger partial charge in [0.1, 0.15) is 0 Å². The highest BCUT2D eigenvalue weighted by Crippen LogP contribution is 2.17. The zero-order valence-corrected chi connectivity index (χ0v) is 16.2. The van der Waals surface area contributed by atoms with Crippen LogP contribution in [0.4, 0.5) is 0 Å². The summed E-state index contributed by atoms with van der Waals surface area (Å²) < 4.78 is 1.79. The first-order valence-corrected chi connectivity index (χ1v) is 9.11. The fourth-order valence-corrected chi connectivity index (χ4v) is 3.04. The summed E-state index contributed by atoms with van der Waals surface area (Å²) in [5.74, 6) is 0.00573. The van der Waals surface area contributed by atoms with E-state index in [1.54, 1.807) is 9.58 Å². The number of carbonyl (C=O) groups excluding carboxylic acids is 1. The molecule has 0 radical (unpaired) electrons. The standard InChI is InChI=1S/C22H26N4O/c1-24(2)16-19-15-23-26(17-19)21-12-8-7-11-20(21)22(27)25(3)14-13-18-9-5-4-6-10-18/h4-12,15,17H,13-14,16H2,1-3H3. The number of nitrogens with zero attached hydrogens (tertiary/aromatic N) is 4. The van der Waals surface area contributed by atoms with Gasteiger partial charge < -0.3 is 9.80 Å². The predicted octanol–water partition coefficient (Wildman–Crippen LogP) is 3.25. The Morgan fingerprint density at radius 1 is 0.963 bits per heavy atom. The molecule has 0 saturated heterocycles. The maximum atomic E-state index is 13.0. The van der Waals surface area contributed by atoms with Crippen molar-refractivity contribution < 1.29 is 4.79 Å². The van der Waals surface area contributed by atoms with Gasteiger partial charge in [-0.05, 0) is 38.2 Å². The highest BCUT2D eigenvalue weighted by atomic mass is 16.2. The topological polar surface area (TPSA) is 41.4 Å². The Morgan fingerprint density at radius 2 is 1.67 bits per heavy atom. The Bertz CT molecular complexity index is 886. The Hall–Kier alpha value is -2.92. The second-order valence-corrected chi connectivity index (χ2v) is 7.01. The second-order valence-electron chi connectivity index (χ2n) is 7.01. The smallest absolute Gasteiger partial charge is 0.255 e. The van der Waals surface area contributed by atoms with Crippen LogP contribution in [0.5, 0.6) is 0 Å². The number of para-hydroxylation sites is 1. The average molecular weight is 362 g/mol. The molecule has 0 atom stereocenters. The van der Waals surface area contributed by atoms with Gasteiger partial charge in [0.25, 0.3) is 5.91 Å². The highest BCUT2D eigenvalue weighted by Gasteiger charge is 2.17. The normalized spacial score (nSPS) is 11.0. The fourth-order valence-electron chi connectivity index (χ4n) is 3.04. The van der Waals surface area contributed by atoms with Gasteiger partial charge in [0.15, 0.2) is 0 Å². The van der Waals surface area contributed by atoms with E-state index in [2.05, 4.69) is 22.1 Å². The van der Waals surface area contributed by atoms with Crippen LogP contribution in [0.2, 0.25) is 0 Å². The summed E-state index contributed by atoms with van der Waals surface area (Å²) in [4.78, 5) is 16.9. The van der Waals surface area contributed by atoms with Crippen molar-refractivity contribution in [3.63, 3.8) is 0 Å². The highest BCUT2D eigenvalue weighted by molar-refractivity contribution is 5.97. The number of likely N-dealkylation sites (N-methyl/N-ethyl adjacent to an activating group) is 1. The molecule has 0 unspecified atom stereocenters. The van der Waals surface area contributed by atoms with Crippen LogP contribution in [0, 0.1) is 0 Å². The molecule has 27 heavy (non-hydrogen) atoms. The number of amides is 1. The van der Waals surface area contributed by atoms with E-state index in [1.807, 2.05) is 76.0 Å². The first-order valence-electron chi connectivity index (χ1n) is 9.11. The summed E-state index contributed by atoms with van der Waals surface area (Å²) in [5.41, 5.74) is 3.80. The van der Waals surface area contributed by atoms with E-state index < -0.39 is 0 Å². The molecular weight excluding hydrogens is 336 g/mol. The Labute approximate surface area is 160 Å².